The summed E-state index contributed by atoms with van der Waals surface area (Å²) in [5, 5.41) is 12.1. The smallest absolute Gasteiger partial charge is 0.137 e. The van der Waals surface area contributed by atoms with Crippen LogP contribution in [0.5, 0.6) is 0 Å². The molecular formula is C58H37NO. The highest BCUT2D eigenvalue weighted by molar-refractivity contribution is 6.17. The molecular weight excluding hydrogens is 727 g/mol. The van der Waals surface area contributed by atoms with Crippen molar-refractivity contribution in [1.29, 1.82) is 0 Å². The first kappa shape index (κ1) is 34.1. The Hall–Kier alpha value is -7.94. The molecule has 0 N–H and O–H groups in total. The fraction of sp³-hybridized carbons (Fsp3) is 0. The zero-order valence-corrected chi connectivity index (χ0v) is 32.7. The molecule has 0 saturated carbocycles. The van der Waals surface area contributed by atoms with Crippen LogP contribution >= 0.6 is 0 Å². The molecule has 2 nitrogen and oxygen atoms in total. The van der Waals surface area contributed by atoms with E-state index in [9.17, 15) is 0 Å². The third-order valence-corrected chi connectivity index (χ3v) is 12.2. The Labute approximate surface area is 347 Å². The van der Waals surface area contributed by atoms with E-state index in [4.69, 9.17) is 4.42 Å². The van der Waals surface area contributed by atoms with Gasteiger partial charge in [0, 0.05) is 16.8 Å². The molecule has 0 amide bonds. The van der Waals surface area contributed by atoms with E-state index in [0.29, 0.717) is 0 Å². The summed E-state index contributed by atoms with van der Waals surface area (Å²) >= 11 is 0. The molecule has 1 heterocycles. The Morgan fingerprint density at radius 3 is 1.50 bits per heavy atom. The lowest BCUT2D eigenvalue weighted by Crippen LogP contribution is -2.10. The Morgan fingerprint density at radius 1 is 0.283 bits per heavy atom. The molecule has 0 unspecified atom stereocenters. The highest BCUT2D eigenvalue weighted by atomic mass is 16.3. The average molecular weight is 764 g/mol. The number of anilines is 3. The van der Waals surface area contributed by atoms with Crippen molar-refractivity contribution in [2.45, 2.75) is 0 Å². The van der Waals surface area contributed by atoms with Gasteiger partial charge in [-0.25, -0.2) is 0 Å². The van der Waals surface area contributed by atoms with E-state index < -0.39 is 0 Å². The van der Waals surface area contributed by atoms with Crippen molar-refractivity contribution in [1.82, 2.24) is 0 Å². The Kier molecular flexibility index (Phi) is 7.89. The molecule has 0 bridgehead atoms. The molecule has 11 aromatic carbocycles. The van der Waals surface area contributed by atoms with Crippen LogP contribution in [0.15, 0.2) is 229 Å². The van der Waals surface area contributed by atoms with Crippen molar-refractivity contribution in [3.63, 3.8) is 0 Å². The van der Waals surface area contributed by atoms with Crippen molar-refractivity contribution in [3.8, 4) is 33.4 Å². The van der Waals surface area contributed by atoms with E-state index in [0.717, 1.165) is 39.0 Å². The van der Waals surface area contributed by atoms with Crippen LogP contribution in [0.4, 0.5) is 17.1 Å². The summed E-state index contributed by atoms with van der Waals surface area (Å²) in [7, 11) is 0. The molecule has 0 atom stereocenters. The van der Waals surface area contributed by atoms with Crippen LogP contribution in [-0.4, -0.2) is 0 Å². The van der Waals surface area contributed by atoms with Gasteiger partial charge in [0.1, 0.15) is 11.2 Å². The van der Waals surface area contributed by atoms with Crippen molar-refractivity contribution in [2.75, 3.05) is 4.90 Å². The second-order valence-corrected chi connectivity index (χ2v) is 15.7. The normalized spacial score (nSPS) is 11.7. The number of benzene rings is 11. The van der Waals surface area contributed by atoms with Gasteiger partial charge in [-0.1, -0.05) is 164 Å². The molecule has 12 aromatic rings. The molecule has 0 radical (unpaired) electrons. The maximum absolute atomic E-state index is 6.57. The van der Waals surface area contributed by atoms with Crippen molar-refractivity contribution >= 4 is 82.1 Å². The van der Waals surface area contributed by atoms with Gasteiger partial charge in [0.2, 0.25) is 0 Å². The maximum atomic E-state index is 6.57. The van der Waals surface area contributed by atoms with E-state index in [-0.39, 0.29) is 0 Å². The largest absolute Gasteiger partial charge is 0.456 e. The lowest BCUT2D eigenvalue weighted by molar-refractivity contribution is 0.669. The lowest BCUT2D eigenvalue weighted by atomic mass is 9.92. The number of nitrogens with zero attached hydrogens (tertiary/aromatic N) is 1. The van der Waals surface area contributed by atoms with Crippen LogP contribution < -0.4 is 4.90 Å². The lowest BCUT2D eigenvalue weighted by Gasteiger charge is -2.26. The van der Waals surface area contributed by atoms with Gasteiger partial charge in [0.05, 0.1) is 11.1 Å². The van der Waals surface area contributed by atoms with Crippen LogP contribution in [0.2, 0.25) is 0 Å². The quantitative estimate of drug-likeness (QED) is 0.157. The van der Waals surface area contributed by atoms with Crippen molar-refractivity contribution in [2.24, 2.45) is 0 Å². The van der Waals surface area contributed by atoms with Gasteiger partial charge in [-0.3, -0.25) is 0 Å². The van der Waals surface area contributed by atoms with Crippen LogP contribution in [0, 0.1) is 0 Å². The van der Waals surface area contributed by atoms with Gasteiger partial charge in [0.15, 0.2) is 0 Å². The van der Waals surface area contributed by atoms with Crippen LogP contribution in [0.3, 0.4) is 0 Å². The minimum absolute atomic E-state index is 0.867. The highest BCUT2D eigenvalue weighted by Gasteiger charge is 2.20. The number of hydrogen-bond donors (Lipinski definition) is 0. The summed E-state index contributed by atoms with van der Waals surface area (Å²) in [6, 6.07) is 81.3. The van der Waals surface area contributed by atoms with Gasteiger partial charge in [-0.05, 0) is 137 Å². The summed E-state index contributed by atoms with van der Waals surface area (Å²) < 4.78 is 6.57. The molecule has 0 aliphatic carbocycles. The van der Waals surface area contributed by atoms with E-state index >= 15 is 0 Å². The monoisotopic (exact) mass is 763 g/mol. The standard InChI is InChI=1S/C58H37NO/c1-2-11-43-34-46(25-22-38(43)10-1)41-28-32-49(33-29-41)59(55-18-9-19-56-58(55)54-35-44-12-3-4-13-45(44)37-57(54)60-56)48-30-26-40(27-31-48)39-20-23-42(24-21-39)53-36-47-14-5-6-15-50(47)51-16-7-8-17-52(51)53/h1-37H. The third-order valence-electron chi connectivity index (χ3n) is 12.2. The van der Waals surface area contributed by atoms with Gasteiger partial charge < -0.3 is 9.32 Å². The Bertz CT molecular complexity index is 3580. The fourth-order valence-corrected chi connectivity index (χ4v) is 9.22. The molecule has 12 rings (SSSR count). The topological polar surface area (TPSA) is 16.4 Å². The second-order valence-electron chi connectivity index (χ2n) is 15.7. The summed E-state index contributed by atoms with van der Waals surface area (Å²) in [4.78, 5) is 2.37. The van der Waals surface area contributed by atoms with Gasteiger partial charge in [-0.15, -0.1) is 0 Å². The van der Waals surface area contributed by atoms with Gasteiger partial charge in [-0.2, -0.15) is 0 Å². The molecule has 0 fully saturated rings. The summed E-state index contributed by atoms with van der Waals surface area (Å²) in [6.07, 6.45) is 0. The second kappa shape index (κ2) is 13.9. The van der Waals surface area contributed by atoms with E-state index in [1.807, 2.05) is 0 Å². The summed E-state index contributed by atoms with van der Waals surface area (Å²) in [5.41, 5.74) is 12.1. The average Bonchev–Trinajstić information content (AvgIpc) is 3.69. The van der Waals surface area contributed by atoms with Gasteiger partial charge in [0.25, 0.3) is 0 Å². The predicted molar refractivity (Wildman–Crippen MR) is 255 cm³/mol. The maximum Gasteiger partial charge on any atom is 0.137 e. The summed E-state index contributed by atoms with van der Waals surface area (Å²) in [6.45, 7) is 0. The molecule has 1 aromatic heterocycles. The molecule has 60 heavy (non-hydrogen) atoms. The SMILES string of the molecule is c1ccc2cc(-c3ccc(N(c4ccc(-c5ccc(-c6cc7ccccc7c7ccccc67)cc5)cc4)c4cccc5oc6cc7ccccc7cc6c45)cc3)ccc2c1. The minimum Gasteiger partial charge on any atom is -0.456 e. The van der Waals surface area contributed by atoms with Crippen LogP contribution in [0.1, 0.15) is 0 Å². The van der Waals surface area contributed by atoms with Crippen LogP contribution in [0.25, 0.3) is 98.4 Å². The zero-order valence-electron chi connectivity index (χ0n) is 32.7. The Morgan fingerprint density at radius 2 is 0.800 bits per heavy atom. The van der Waals surface area contributed by atoms with E-state index in [1.165, 1.54) is 76.5 Å². The number of furan rings is 1. The van der Waals surface area contributed by atoms with Crippen molar-refractivity contribution < 1.29 is 4.42 Å². The predicted octanol–water partition coefficient (Wildman–Crippen LogP) is 16.7. The first-order valence-electron chi connectivity index (χ1n) is 20.6. The first-order chi connectivity index (χ1) is 29.7. The zero-order chi connectivity index (χ0) is 39.6. The molecule has 0 aliphatic heterocycles. The van der Waals surface area contributed by atoms with Crippen LogP contribution in [-0.2, 0) is 0 Å². The fourth-order valence-electron chi connectivity index (χ4n) is 9.22. The summed E-state index contributed by atoms with van der Waals surface area (Å²) in [5.74, 6) is 0. The van der Waals surface area contributed by atoms with Gasteiger partial charge >= 0.3 is 0 Å². The Balaban J connectivity index is 0.953. The molecule has 280 valence electrons. The number of hydrogen-bond acceptors (Lipinski definition) is 2. The highest BCUT2D eigenvalue weighted by Crippen LogP contribution is 2.45. The minimum atomic E-state index is 0.867. The molecule has 2 heteroatoms. The molecule has 0 spiro atoms. The van der Waals surface area contributed by atoms with E-state index in [2.05, 4.69) is 229 Å². The number of fused-ring (bicyclic) bond motifs is 8. The molecule has 0 aliphatic rings. The first-order valence-corrected chi connectivity index (χ1v) is 20.6. The molecule has 0 saturated heterocycles. The number of rotatable bonds is 6. The third kappa shape index (κ3) is 5.73. The van der Waals surface area contributed by atoms with Crippen molar-refractivity contribution in [3.05, 3.63) is 224 Å². The van der Waals surface area contributed by atoms with E-state index in [1.54, 1.807) is 0 Å².